The molecule has 0 radical (unpaired) electrons. The summed E-state index contributed by atoms with van der Waals surface area (Å²) in [6, 6.07) is 0.694. The quantitative estimate of drug-likeness (QED) is 0.808. The van der Waals surface area contributed by atoms with Gasteiger partial charge in [-0.2, -0.15) is 0 Å². The van der Waals surface area contributed by atoms with E-state index in [0.29, 0.717) is 6.04 Å². The molecule has 0 aromatic rings. The highest BCUT2D eigenvalue weighted by Gasteiger charge is 2.44. The molecular formula is C20H37NO2. The molecule has 3 aliphatic rings. The van der Waals surface area contributed by atoms with Crippen LogP contribution in [0.4, 0.5) is 0 Å². The van der Waals surface area contributed by atoms with E-state index in [2.05, 4.69) is 26.1 Å². The van der Waals surface area contributed by atoms with Crippen LogP contribution in [0.2, 0.25) is 0 Å². The molecule has 1 aliphatic heterocycles. The molecule has 23 heavy (non-hydrogen) atoms. The molecular weight excluding hydrogens is 286 g/mol. The second-order valence-electron chi connectivity index (χ2n) is 8.56. The van der Waals surface area contributed by atoms with Gasteiger partial charge in [-0.25, -0.2) is 0 Å². The van der Waals surface area contributed by atoms with E-state index in [9.17, 15) is 0 Å². The van der Waals surface area contributed by atoms with Gasteiger partial charge in [0.25, 0.3) is 0 Å². The zero-order chi connectivity index (χ0) is 16.3. The summed E-state index contributed by atoms with van der Waals surface area (Å²) in [7, 11) is 0. The maximum absolute atomic E-state index is 6.38. The standard InChI is InChI=1S/C20H37NO2/c1-4-16(3)17-8-10-20(11-9-17)22-14-19(23-20)13-21-18-7-5-6-15(2)12-18/h15-19,21H,4-14H2,1-3H3. The van der Waals surface area contributed by atoms with E-state index in [4.69, 9.17) is 9.47 Å². The second-order valence-corrected chi connectivity index (χ2v) is 8.56. The average Bonchev–Trinajstić information content (AvgIpc) is 2.96. The first-order valence-corrected chi connectivity index (χ1v) is 10.2. The van der Waals surface area contributed by atoms with Crippen LogP contribution in [0.15, 0.2) is 0 Å². The Morgan fingerprint density at radius 3 is 2.65 bits per heavy atom. The number of ether oxygens (including phenoxy) is 2. The molecule has 1 N–H and O–H groups in total. The molecule has 3 nitrogen and oxygen atoms in total. The van der Waals surface area contributed by atoms with E-state index in [1.807, 2.05) is 0 Å². The van der Waals surface area contributed by atoms with Gasteiger partial charge in [-0.05, 0) is 43.4 Å². The summed E-state index contributed by atoms with van der Waals surface area (Å²) in [5.41, 5.74) is 0. The Morgan fingerprint density at radius 2 is 1.96 bits per heavy atom. The monoisotopic (exact) mass is 323 g/mol. The van der Waals surface area contributed by atoms with Crippen molar-refractivity contribution in [3.8, 4) is 0 Å². The van der Waals surface area contributed by atoms with Gasteiger partial charge in [0, 0.05) is 25.4 Å². The Hall–Kier alpha value is -0.120. The number of hydrogen-bond acceptors (Lipinski definition) is 3. The van der Waals surface area contributed by atoms with Crippen LogP contribution in [-0.2, 0) is 9.47 Å². The van der Waals surface area contributed by atoms with Crippen molar-refractivity contribution in [2.45, 2.75) is 96.5 Å². The van der Waals surface area contributed by atoms with Gasteiger partial charge >= 0.3 is 0 Å². The molecule has 1 saturated heterocycles. The third-order valence-electron chi connectivity index (χ3n) is 6.73. The minimum absolute atomic E-state index is 0.240. The molecule has 2 saturated carbocycles. The zero-order valence-corrected chi connectivity index (χ0v) is 15.5. The van der Waals surface area contributed by atoms with Gasteiger partial charge < -0.3 is 14.8 Å². The lowest BCUT2D eigenvalue weighted by atomic mass is 9.77. The average molecular weight is 324 g/mol. The SMILES string of the molecule is CCC(C)C1CCC2(CC1)OCC(CNC1CCCC(C)C1)O2. The van der Waals surface area contributed by atoms with Gasteiger partial charge in [0.2, 0.25) is 0 Å². The molecule has 0 aromatic heterocycles. The highest BCUT2D eigenvalue weighted by Crippen LogP contribution is 2.42. The van der Waals surface area contributed by atoms with Gasteiger partial charge in [-0.1, -0.05) is 40.0 Å². The van der Waals surface area contributed by atoms with Crippen molar-refractivity contribution in [2.24, 2.45) is 17.8 Å². The predicted octanol–water partition coefficient (Wildman–Crippen LogP) is 4.50. The maximum atomic E-state index is 6.38. The van der Waals surface area contributed by atoms with Crippen LogP contribution in [0.1, 0.15) is 78.6 Å². The first-order chi connectivity index (χ1) is 11.1. The van der Waals surface area contributed by atoms with Crippen LogP contribution < -0.4 is 5.32 Å². The molecule has 3 heteroatoms. The predicted molar refractivity (Wildman–Crippen MR) is 94.4 cm³/mol. The number of rotatable bonds is 5. The topological polar surface area (TPSA) is 30.5 Å². The zero-order valence-electron chi connectivity index (χ0n) is 15.5. The lowest BCUT2D eigenvalue weighted by Gasteiger charge is -2.38. The van der Waals surface area contributed by atoms with Crippen molar-refractivity contribution in [3.05, 3.63) is 0 Å². The fourth-order valence-electron chi connectivity index (χ4n) is 4.88. The van der Waals surface area contributed by atoms with E-state index in [1.54, 1.807) is 0 Å². The Labute approximate surface area is 142 Å². The third-order valence-corrected chi connectivity index (χ3v) is 6.73. The smallest absolute Gasteiger partial charge is 0.168 e. The molecule has 2 aliphatic carbocycles. The van der Waals surface area contributed by atoms with Crippen molar-refractivity contribution in [2.75, 3.05) is 13.2 Å². The van der Waals surface area contributed by atoms with Crippen LogP contribution in [-0.4, -0.2) is 31.1 Å². The highest BCUT2D eigenvalue weighted by molar-refractivity contribution is 4.87. The summed E-state index contributed by atoms with van der Waals surface area (Å²) in [6.07, 6.45) is 11.7. The molecule has 3 fully saturated rings. The first-order valence-electron chi connectivity index (χ1n) is 10.2. The Morgan fingerprint density at radius 1 is 1.17 bits per heavy atom. The van der Waals surface area contributed by atoms with Crippen LogP contribution in [0.3, 0.4) is 0 Å². The fraction of sp³-hybridized carbons (Fsp3) is 1.00. The van der Waals surface area contributed by atoms with Crippen molar-refractivity contribution >= 4 is 0 Å². The first kappa shape index (κ1) is 17.7. The van der Waals surface area contributed by atoms with Gasteiger partial charge in [0.1, 0.15) is 0 Å². The summed E-state index contributed by atoms with van der Waals surface area (Å²) >= 11 is 0. The summed E-state index contributed by atoms with van der Waals surface area (Å²) in [5.74, 6) is 2.36. The molecule has 134 valence electrons. The molecule has 3 rings (SSSR count). The third kappa shape index (κ3) is 4.49. The molecule has 4 atom stereocenters. The summed E-state index contributed by atoms with van der Waals surface area (Å²) in [6.45, 7) is 8.84. The van der Waals surface area contributed by atoms with Gasteiger partial charge in [0.15, 0.2) is 5.79 Å². The number of nitrogens with one attached hydrogen (secondary N) is 1. The van der Waals surface area contributed by atoms with Crippen molar-refractivity contribution in [3.63, 3.8) is 0 Å². The lowest BCUT2D eigenvalue weighted by Crippen LogP contribution is -2.41. The largest absolute Gasteiger partial charge is 0.347 e. The Kier molecular flexibility index (Phi) is 6.03. The molecule has 0 bridgehead atoms. The summed E-state index contributed by atoms with van der Waals surface area (Å²) in [5, 5.41) is 3.75. The van der Waals surface area contributed by atoms with Crippen LogP contribution in [0.25, 0.3) is 0 Å². The van der Waals surface area contributed by atoms with Crippen molar-refractivity contribution in [1.29, 1.82) is 0 Å². The summed E-state index contributed by atoms with van der Waals surface area (Å²) in [4.78, 5) is 0. The minimum atomic E-state index is -0.240. The van der Waals surface area contributed by atoms with Gasteiger partial charge in [-0.15, -0.1) is 0 Å². The normalized spacial score (nSPS) is 42.9. The highest BCUT2D eigenvalue weighted by atomic mass is 16.7. The molecule has 0 aromatic carbocycles. The van der Waals surface area contributed by atoms with Crippen LogP contribution in [0, 0.1) is 17.8 Å². The summed E-state index contributed by atoms with van der Waals surface area (Å²) < 4.78 is 12.5. The van der Waals surface area contributed by atoms with Gasteiger partial charge in [-0.3, -0.25) is 0 Å². The maximum Gasteiger partial charge on any atom is 0.168 e. The minimum Gasteiger partial charge on any atom is -0.347 e. The molecule has 1 spiro atoms. The van der Waals surface area contributed by atoms with E-state index in [1.165, 1.54) is 44.9 Å². The van der Waals surface area contributed by atoms with Crippen LogP contribution in [0.5, 0.6) is 0 Å². The van der Waals surface area contributed by atoms with E-state index in [0.717, 1.165) is 43.7 Å². The molecule has 0 amide bonds. The molecule has 1 heterocycles. The van der Waals surface area contributed by atoms with Crippen LogP contribution >= 0.6 is 0 Å². The Balaban J connectivity index is 1.40. The van der Waals surface area contributed by atoms with E-state index in [-0.39, 0.29) is 11.9 Å². The lowest BCUT2D eigenvalue weighted by molar-refractivity contribution is -0.194. The number of hydrogen-bond donors (Lipinski definition) is 1. The fourth-order valence-corrected chi connectivity index (χ4v) is 4.88. The van der Waals surface area contributed by atoms with E-state index >= 15 is 0 Å². The van der Waals surface area contributed by atoms with Crippen molar-refractivity contribution in [1.82, 2.24) is 5.32 Å². The Bertz CT molecular complexity index is 365. The van der Waals surface area contributed by atoms with Gasteiger partial charge in [0.05, 0.1) is 12.7 Å². The van der Waals surface area contributed by atoms with Crippen molar-refractivity contribution < 1.29 is 9.47 Å². The second kappa shape index (κ2) is 7.84. The molecule has 4 unspecified atom stereocenters. The van der Waals surface area contributed by atoms with E-state index < -0.39 is 0 Å².